The Hall–Kier alpha value is -1.83. The lowest BCUT2D eigenvalue weighted by Crippen LogP contribution is -2.47. The van der Waals surface area contributed by atoms with Crippen LogP contribution in [0.4, 0.5) is 11.8 Å². The zero-order valence-electron chi connectivity index (χ0n) is 8.88. The molecule has 5 nitrogen and oxygen atoms in total. The molecule has 0 amide bonds. The first-order valence-electron chi connectivity index (χ1n) is 4.85. The SMILES string of the molecule is CN(C)c1ccnc(N2CC(C#N)C2)n1. The zero-order chi connectivity index (χ0) is 10.8. The van der Waals surface area contributed by atoms with E-state index in [1.54, 1.807) is 6.20 Å². The predicted molar refractivity (Wildman–Crippen MR) is 57.7 cm³/mol. The fourth-order valence-corrected chi connectivity index (χ4v) is 1.46. The van der Waals surface area contributed by atoms with Crippen molar-refractivity contribution in [3.05, 3.63) is 12.3 Å². The minimum atomic E-state index is 0.136. The van der Waals surface area contributed by atoms with Gasteiger partial charge in [0.25, 0.3) is 0 Å². The monoisotopic (exact) mass is 203 g/mol. The number of hydrogen-bond donors (Lipinski definition) is 0. The molecule has 2 heterocycles. The van der Waals surface area contributed by atoms with Gasteiger partial charge in [-0.1, -0.05) is 0 Å². The second kappa shape index (κ2) is 3.73. The Morgan fingerprint density at radius 2 is 2.27 bits per heavy atom. The molecule has 2 rings (SSSR count). The molecule has 15 heavy (non-hydrogen) atoms. The highest BCUT2D eigenvalue weighted by molar-refractivity contribution is 5.44. The molecule has 0 bridgehead atoms. The first kappa shape index (κ1) is 9.71. The van der Waals surface area contributed by atoms with Crippen molar-refractivity contribution in [1.29, 1.82) is 5.26 Å². The van der Waals surface area contributed by atoms with Crippen molar-refractivity contribution < 1.29 is 0 Å². The van der Waals surface area contributed by atoms with Crippen molar-refractivity contribution in [2.24, 2.45) is 5.92 Å². The van der Waals surface area contributed by atoms with E-state index in [4.69, 9.17) is 5.26 Å². The lowest BCUT2D eigenvalue weighted by Gasteiger charge is -2.35. The fourth-order valence-electron chi connectivity index (χ4n) is 1.46. The smallest absolute Gasteiger partial charge is 0.227 e. The molecule has 1 aliphatic rings. The normalized spacial score (nSPS) is 15.7. The van der Waals surface area contributed by atoms with Crippen LogP contribution in [0.5, 0.6) is 0 Å². The van der Waals surface area contributed by atoms with Crippen molar-refractivity contribution in [3.8, 4) is 6.07 Å². The highest BCUT2D eigenvalue weighted by atomic mass is 15.3. The summed E-state index contributed by atoms with van der Waals surface area (Å²) in [5.41, 5.74) is 0. The Morgan fingerprint density at radius 1 is 1.53 bits per heavy atom. The average molecular weight is 203 g/mol. The van der Waals surface area contributed by atoms with E-state index < -0.39 is 0 Å². The van der Waals surface area contributed by atoms with E-state index in [0.29, 0.717) is 5.95 Å². The van der Waals surface area contributed by atoms with Gasteiger partial charge in [-0.05, 0) is 6.07 Å². The van der Waals surface area contributed by atoms with Gasteiger partial charge in [-0.2, -0.15) is 10.2 Å². The van der Waals surface area contributed by atoms with Crippen LogP contribution in [0.15, 0.2) is 12.3 Å². The first-order chi connectivity index (χ1) is 7.20. The molecule has 1 aliphatic heterocycles. The number of aromatic nitrogens is 2. The summed E-state index contributed by atoms with van der Waals surface area (Å²) in [7, 11) is 3.89. The Bertz CT molecular complexity index is 389. The third-order valence-electron chi connectivity index (χ3n) is 2.43. The van der Waals surface area contributed by atoms with E-state index >= 15 is 0 Å². The topological polar surface area (TPSA) is 56.1 Å². The molecule has 78 valence electrons. The largest absolute Gasteiger partial charge is 0.363 e. The molecule has 0 aliphatic carbocycles. The summed E-state index contributed by atoms with van der Waals surface area (Å²) in [6.45, 7) is 1.49. The molecule has 1 aromatic rings. The summed E-state index contributed by atoms with van der Waals surface area (Å²) in [6.07, 6.45) is 1.75. The fraction of sp³-hybridized carbons (Fsp3) is 0.500. The highest BCUT2D eigenvalue weighted by Gasteiger charge is 2.28. The van der Waals surface area contributed by atoms with Crippen LogP contribution in [0, 0.1) is 17.2 Å². The molecule has 0 spiro atoms. The molecule has 0 N–H and O–H groups in total. The average Bonchev–Trinajstić information content (AvgIpc) is 2.16. The first-order valence-corrected chi connectivity index (χ1v) is 4.85. The predicted octanol–water partition coefficient (Wildman–Crippen LogP) is 0.502. The van der Waals surface area contributed by atoms with Crippen LogP contribution in [0.1, 0.15) is 0 Å². The molecule has 1 saturated heterocycles. The van der Waals surface area contributed by atoms with Crippen LogP contribution in [0.2, 0.25) is 0 Å². The standard InChI is InChI=1S/C10H13N5/c1-14(2)9-3-4-12-10(13-9)15-6-8(5-11)7-15/h3-4,8H,6-7H2,1-2H3. The number of hydrogen-bond acceptors (Lipinski definition) is 5. The molecule has 1 fully saturated rings. The highest BCUT2D eigenvalue weighted by Crippen LogP contribution is 2.21. The van der Waals surface area contributed by atoms with E-state index in [0.717, 1.165) is 18.9 Å². The van der Waals surface area contributed by atoms with E-state index in [1.807, 2.05) is 30.0 Å². The van der Waals surface area contributed by atoms with Crippen LogP contribution in [-0.2, 0) is 0 Å². The van der Waals surface area contributed by atoms with Crippen molar-refractivity contribution >= 4 is 11.8 Å². The third-order valence-corrected chi connectivity index (χ3v) is 2.43. The van der Waals surface area contributed by atoms with Crippen LogP contribution < -0.4 is 9.80 Å². The molecule has 0 atom stereocenters. The van der Waals surface area contributed by atoms with Crippen LogP contribution >= 0.6 is 0 Å². The maximum atomic E-state index is 8.67. The lowest BCUT2D eigenvalue weighted by molar-refractivity contribution is 0.494. The van der Waals surface area contributed by atoms with E-state index in [-0.39, 0.29) is 5.92 Å². The molecular formula is C10H13N5. The summed E-state index contributed by atoms with van der Waals surface area (Å²) in [5, 5.41) is 8.67. The van der Waals surface area contributed by atoms with Crippen LogP contribution in [-0.4, -0.2) is 37.2 Å². The van der Waals surface area contributed by atoms with Gasteiger partial charge in [0.2, 0.25) is 5.95 Å². The number of anilines is 2. The van der Waals surface area contributed by atoms with Crippen molar-refractivity contribution in [2.45, 2.75) is 0 Å². The number of nitriles is 1. The summed E-state index contributed by atoms with van der Waals surface area (Å²) < 4.78 is 0. The second-order valence-corrected chi connectivity index (χ2v) is 3.84. The van der Waals surface area contributed by atoms with Gasteiger partial charge in [-0.25, -0.2) is 4.98 Å². The van der Waals surface area contributed by atoms with Crippen molar-refractivity contribution in [1.82, 2.24) is 9.97 Å². The van der Waals surface area contributed by atoms with Gasteiger partial charge in [-0.3, -0.25) is 0 Å². The van der Waals surface area contributed by atoms with Gasteiger partial charge in [0.1, 0.15) is 5.82 Å². The van der Waals surface area contributed by atoms with Crippen LogP contribution in [0.25, 0.3) is 0 Å². The minimum Gasteiger partial charge on any atom is -0.363 e. The lowest BCUT2D eigenvalue weighted by atomic mass is 10.0. The Labute approximate surface area is 89.0 Å². The summed E-state index contributed by atoms with van der Waals surface area (Å²) in [4.78, 5) is 12.5. The number of rotatable bonds is 2. The van der Waals surface area contributed by atoms with Gasteiger partial charge in [0.05, 0.1) is 12.0 Å². The van der Waals surface area contributed by atoms with Crippen molar-refractivity contribution in [2.75, 3.05) is 37.0 Å². The molecule has 0 saturated carbocycles. The quantitative estimate of drug-likeness (QED) is 0.700. The molecule has 0 unspecified atom stereocenters. The van der Waals surface area contributed by atoms with Gasteiger partial charge < -0.3 is 9.80 Å². The molecule has 0 radical (unpaired) electrons. The Kier molecular flexibility index (Phi) is 2.42. The number of nitrogens with zero attached hydrogens (tertiary/aromatic N) is 5. The molecule has 1 aromatic heterocycles. The summed E-state index contributed by atoms with van der Waals surface area (Å²) >= 11 is 0. The summed E-state index contributed by atoms with van der Waals surface area (Å²) in [6, 6.07) is 4.10. The van der Waals surface area contributed by atoms with E-state index in [2.05, 4.69) is 16.0 Å². The second-order valence-electron chi connectivity index (χ2n) is 3.84. The van der Waals surface area contributed by atoms with Crippen LogP contribution in [0.3, 0.4) is 0 Å². The van der Waals surface area contributed by atoms with Gasteiger partial charge in [0.15, 0.2) is 0 Å². The van der Waals surface area contributed by atoms with Gasteiger partial charge in [0, 0.05) is 33.4 Å². The summed E-state index contributed by atoms with van der Waals surface area (Å²) in [5.74, 6) is 1.74. The zero-order valence-corrected chi connectivity index (χ0v) is 8.88. The van der Waals surface area contributed by atoms with Crippen molar-refractivity contribution in [3.63, 3.8) is 0 Å². The van der Waals surface area contributed by atoms with E-state index in [9.17, 15) is 0 Å². The molecular weight excluding hydrogens is 190 g/mol. The maximum absolute atomic E-state index is 8.67. The minimum absolute atomic E-state index is 0.136. The Balaban J connectivity index is 2.10. The third kappa shape index (κ3) is 1.84. The van der Waals surface area contributed by atoms with Gasteiger partial charge in [-0.15, -0.1) is 0 Å². The maximum Gasteiger partial charge on any atom is 0.227 e. The van der Waals surface area contributed by atoms with E-state index in [1.165, 1.54) is 0 Å². The Morgan fingerprint density at radius 3 is 2.87 bits per heavy atom. The molecule has 0 aromatic carbocycles. The molecule has 5 heteroatoms. The van der Waals surface area contributed by atoms with Gasteiger partial charge >= 0.3 is 0 Å².